The summed E-state index contributed by atoms with van der Waals surface area (Å²) in [6.07, 6.45) is 84.0. The number of esters is 2. The molecule has 5 heteroatoms. The zero-order valence-corrected chi connectivity index (χ0v) is 49.9. The molecule has 0 radical (unpaired) electrons. The number of rotatable bonds is 61. The molecule has 0 aromatic heterocycles. The highest BCUT2D eigenvalue weighted by Crippen LogP contribution is 2.17. The molecule has 0 N–H and O–H groups in total. The Morgan fingerprint density at radius 3 is 0.932 bits per heavy atom. The summed E-state index contributed by atoms with van der Waals surface area (Å²) < 4.78 is 17.6. The Balaban J connectivity index is 4.28. The van der Waals surface area contributed by atoms with E-state index in [1.165, 1.54) is 238 Å². The lowest BCUT2D eigenvalue weighted by Gasteiger charge is -2.18. The van der Waals surface area contributed by atoms with Crippen LogP contribution in [0.2, 0.25) is 0 Å². The largest absolute Gasteiger partial charge is 0.462 e. The minimum absolute atomic E-state index is 0.0802. The maximum absolute atomic E-state index is 12.9. The van der Waals surface area contributed by atoms with E-state index in [9.17, 15) is 9.59 Å². The lowest BCUT2D eigenvalue weighted by molar-refractivity contribution is -0.163. The van der Waals surface area contributed by atoms with Crippen molar-refractivity contribution in [1.82, 2.24) is 0 Å². The normalized spacial score (nSPS) is 12.5. The molecular formula is C69H126O5. The van der Waals surface area contributed by atoms with Crippen molar-refractivity contribution in [3.8, 4) is 0 Å². The van der Waals surface area contributed by atoms with E-state index in [4.69, 9.17) is 14.2 Å². The maximum Gasteiger partial charge on any atom is 0.306 e. The number of unbranched alkanes of at least 4 members (excludes halogenated alkanes) is 40. The fraction of sp³-hybridized carbons (Fsp3) is 0.826. The van der Waals surface area contributed by atoms with E-state index in [1.807, 2.05) is 0 Å². The summed E-state index contributed by atoms with van der Waals surface area (Å²) in [5.74, 6) is -0.394. The van der Waals surface area contributed by atoms with Crippen LogP contribution in [-0.2, 0) is 23.8 Å². The third kappa shape index (κ3) is 62.1. The molecule has 5 nitrogen and oxygen atoms in total. The van der Waals surface area contributed by atoms with Gasteiger partial charge < -0.3 is 14.2 Å². The fourth-order valence-corrected chi connectivity index (χ4v) is 9.61. The van der Waals surface area contributed by atoms with Crippen molar-refractivity contribution >= 4 is 11.9 Å². The summed E-state index contributed by atoms with van der Waals surface area (Å²) in [7, 11) is 0. The van der Waals surface area contributed by atoms with Crippen molar-refractivity contribution < 1.29 is 23.8 Å². The number of carbonyl (C=O) groups is 2. The van der Waals surface area contributed by atoms with Crippen molar-refractivity contribution in [3.05, 3.63) is 60.8 Å². The van der Waals surface area contributed by atoms with E-state index in [0.717, 1.165) is 70.6 Å². The first-order chi connectivity index (χ1) is 36.6. The molecule has 0 saturated heterocycles. The van der Waals surface area contributed by atoms with E-state index in [1.54, 1.807) is 0 Å². The smallest absolute Gasteiger partial charge is 0.306 e. The van der Waals surface area contributed by atoms with Gasteiger partial charge in [0.25, 0.3) is 0 Å². The highest BCUT2D eigenvalue weighted by Gasteiger charge is 2.18. The molecule has 1 unspecified atom stereocenters. The van der Waals surface area contributed by atoms with Gasteiger partial charge >= 0.3 is 11.9 Å². The lowest BCUT2D eigenvalue weighted by Crippen LogP contribution is -2.30. The van der Waals surface area contributed by atoms with Gasteiger partial charge in [0.15, 0.2) is 6.10 Å². The highest BCUT2D eigenvalue weighted by molar-refractivity contribution is 5.70. The second kappa shape index (κ2) is 64.9. The van der Waals surface area contributed by atoms with Gasteiger partial charge in [-0.15, -0.1) is 0 Å². The molecule has 0 fully saturated rings. The Morgan fingerprint density at radius 1 is 0.297 bits per heavy atom. The third-order valence-corrected chi connectivity index (χ3v) is 14.5. The van der Waals surface area contributed by atoms with Gasteiger partial charge in [0.2, 0.25) is 0 Å². The molecule has 1 atom stereocenters. The first kappa shape index (κ1) is 71.6. The Labute approximate surface area is 462 Å². The molecule has 0 bridgehead atoms. The van der Waals surface area contributed by atoms with Gasteiger partial charge in [-0.1, -0.05) is 300 Å². The van der Waals surface area contributed by atoms with Crippen LogP contribution < -0.4 is 0 Å². The van der Waals surface area contributed by atoms with Crippen LogP contribution in [0.4, 0.5) is 0 Å². The molecule has 0 heterocycles. The van der Waals surface area contributed by atoms with Crippen molar-refractivity contribution in [2.75, 3.05) is 19.8 Å². The van der Waals surface area contributed by atoms with E-state index < -0.39 is 6.10 Å². The molecule has 0 aromatic rings. The quantitative estimate of drug-likeness (QED) is 0.0345. The molecule has 0 spiro atoms. The Hall–Kier alpha value is -2.40. The molecule has 0 aliphatic heterocycles. The van der Waals surface area contributed by atoms with Crippen LogP contribution in [0.1, 0.15) is 342 Å². The van der Waals surface area contributed by atoms with Crippen molar-refractivity contribution in [3.63, 3.8) is 0 Å². The van der Waals surface area contributed by atoms with Gasteiger partial charge in [0, 0.05) is 19.4 Å². The van der Waals surface area contributed by atoms with Gasteiger partial charge in [-0.3, -0.25) is 9.59 Å². The minimum Gasteiger partial charge on any atom is -0.462 e. The standard InChI is InChI=1S/C69H126O5/c1-4-7-10-13-16-19-22-25-28-31-34-37-40-43-46-49-52-55-58-61-64-72-65-67(74-69(71)63-60-57-54-51-48-45-42-39-36-33-30-27-24-21-18-15-12-9-6-3)66-73-68(70)62-59-56-53-50-47-44-41-38-35-32-29-26-23-20-17-14-11-8-5-2/h16-17,19-20,25-26,28-29,35,38,67H,4-15,18,21-24,27,30-34,36-37,39-66H2,1-3H3/b19-16-,20-17-,28-25-,29-26-,38-35-. The number of allylic oxidation sites excluding steroid dienone is 10. The molecular weight excluding hydrogens is 909 g/mol. The molecule has 0 aromatic carbocycles. The SMILES string of the molecule is CCCCC/C=C\C/C=C\C/C=C\CCCCCCCCC(=O)OCC(COCCCCCCCCCCCC/C=C\C/C=C\CCCCC)OC(=O)CCCCCCCCCCCCCCCCCCCCC. The topological polar surface area (TPSA) is 61.8 Å². The summed E-state index contributed by atoms with van der Waals surface area (Å²) in [5, 5.41) is 0. The Morgan fingerprint density at radius 2 is 0.568 bits per heavy atom. The van der Waals surface area contributed by atoms with Crippen LogP contribution in [0.25, 0.3) is 0 Å². The molecule has 74 heavy (non-hydrogen) atoms. The number of ether oxygens (including phenoxy) is 3. The van der Waals surface area contributed by atoms with Crippen molar-refractivity contribution in [2.45, 2.75) is 348 Å². The highest BCUT2D eigenvalue weighted by atomic mass is 16.6. The first-order valence-corrected chi connectivity index (χ1v) is 32.8. The van der Waals surface area contributed by atoms with Gasteiger partial charge in [-0.2, -0.15) is 0 Å². The van der Waals surface area contributed by atoms with E-state index in [2.05, 4.69) is 81.5 Å². The van der Waals surface area contributed by atoms with Crippen LogP contribution in [-0.4, -0.2) is 37.9 Å². The summed E-state index contributed by atoms with van der Waals surface area (Å²) in [5.41, 5.74) is 0. The fourth-order valence-electron chi connectivity index (χ4n) is 9.61. The molecule has 0 aliphatic carbocycles. The van der Waals surface area contributed by atoms with E-state index in [-0.39, 0.29) is 25.2 Å². The molecule has 0 rings (SSSR count). The van der Waals surface area contributed by atoms with Crippen LogP contribution in [0.3, 0.4) is 0 Å². The Kier molecular flexibility index (Phi) is 62.8. The first-order valence-electron chi connectivity index (χ1n) is 32.8. The number of hydrogen-bond donors (Lipinski definition) is 0. The van der Waals surface area contributed by atoms with Gasteiger partial charge in [-0.25, -0.2) is 0 Å². The van der Waals surface area contributed by atoms with Gasteiger partial charge in [-0.05, 0) is 89.9 Å². The van der Waals surface area contributed by atoms with E-state index in [0.29, 0.717) is 19.4 Å². The van der Waals surface area contributed by atoms with Gasteiger partial charge in [0.1, 0.15) is 6.61 Å². The molecule has 432 valence electrons. The van der Waals surface area contributed by atoms with Crippen LogP contribution in [0.15, 0.2) is 60.8 Å². The van der Waals surface area contributed by atoms with Crippen molar-refractivity contribution in [2.24, 2.45) is 0 Å². The van der Waals surface area contributed by atoms with Crippen molar-refractivity contribution in [1.29, 1.82) is 0 Å². The summed E-state index contributed by atoms with van der Waals surface area (Å²) in [6, 6.07) is 0. The summed E-state index contributed by atoms with van der Waals surface area (Å²) in [6.45, 7) is 7.82. The number of carbonyl (C=O) groups excluding carboxylic acids is 2. The van der Waals surface area contributed by atoms with Crippen LogP contribution >= 0.6 is 0 Å². The average molecular weight is 1040 g/mol. The molecule has 0 saturated carbocycles. The third-order valence-electron chi connectivity index (χ3n) is 14.5. The lowest BCUT2D eigenvalue weighted by atomic mass is 10.0. The predicted octanol–water partition coefficient (Wildman–Crippen LogP) is 22.8. The summed E-state index contributed by atoms with van der Waals surface area (Å²) in [4.78, 5) is 25.7. The number of hydrogen-bond acceptors (Lipinski definition) is 5. The second-order valence-electron chi connectivity index (χ2n) is 22.0. The van der Waals surface area contributed by atoms with Crippen LogP contribution in [0, 0.1) is 0 Å². The average Bonchev–Trinajstić information content (AvgIpc) is 3.40. The zero-order valence-electron chi connectivity index (χ0n) is 49.9. The molecule has 0 amide bonds. The molecule has 0 aliphatic rings. The monoisotopic (exact) mass is 1030 g/mol. The van der Waals surface area contributed by atoms with E-state index >= 15 is 0 Å². The predicted molar refractivity (Wildman–Crippen MR) is 325 cm³/mol. The summed E-state index contributed by atoms with van der Waals surface area (Å²) >= 11 is 0. The maximum atomic E-state index is 12.9. The second-order valence-corrected chi connectivity index (χ2v) is 22.0. The Bertz CT molecular complexity index is 1260. The van der Waals surface area contributed by atoms with Crippen LogP contribution in [0.5, 0.6) is 0 Å². The van der Waals surface area contributed by atoms with Gasteiger partial charge in [0.05, 0.1) is 6.61 Å². The zero-order chi connectivity index (χ0) is 53.4. The minimum atomic E-state index is -0.544.